The summed E-state index contributed by atoms with van der Waals surface area (Å²) in [5.74, 6) is -1.24. The van der Waals surface area contributed by atoms with Crippen LogP contribution in [0.15, 0.2) is 218 Å². The van der Waals surface area contributed by atoms with Crippen molar-refractivity contribution < 1.29 is 19.7 Å². The van der Waals surface area contributed by atoms with E-state index in [2.05, 4.69) is 194 Å². The van der Waals surface area contributed by atoms with Crippen molar-refractivity contribution >= 4 is 86.2 Å². The molecule has 12 aromatic rings. The molecule has 0 radical (unpaired) electrons. The number of aliphatic hydroxyl groups is 2. The third kappa shape index (κ3) is 6.15. The normalized spacial score (nSPS) is 17.4. The van der Waals surface area contributed by atoms with Crippen LogP contribution in [0.25, 0.3) is 86.2 Å². The first-order valence-corrected chi connectivity index (χ1v) is 23.1. The lowest BCUT2D eigenvalue weighted by Crippen LogP contribution is -2.55. The highest BCUT2D eigenvalue weighted by Gasteiger charge is 2.61. The molecule has 67 heavy (non-hydrogen) atoms. The molecule has 0 bridgehead atoms. The number of hydrogen-bond donors (Lipinski definition) is 2. The molecule has 322 valence electrons. The molecule has 1 saturated heterocycles. The fraction of sp³-hybridized carbons (Fsp3) is 0.111. The lowest BCUT2D eigenvalue weighted by Gasteiger charge is -2.43. The lowest BCUT2D eigenvalue weighted by atomic mass is 9.71. The van der Waals surface area contributed by atoms with Crippen LogP contribution >= 0.6 is 0 Å². The van der Waals surface area contributed by atoms with Crippen molar-refractivity contribution in [3.05, 3.63) is 241 Å². The second-order valence-electron chi connectivity index (χ2n) is 18.9. The molecule has 0 spiro atoms. The molecule has 0 amide bonds. The van der Waals surface area contributed by atoms with Gasteiger partial charge in [0, 0.05) is 0 Å². The molecular formula is C63H46O4. The molecule has 2 N–H and O–H groups in total. The average molecular weight is 867 g/mol. The van der Waals surface area contributed by atoms with E-state index in [1.807, 2.05) is 38.1 Å². The highest BCUT2D eigenvalue weighted by Crippen LogP contribution is 2.52. The fourth-order valence-electron chi connectivity index (χ4n) is 11.3. The van der Waals surface area contributed by atoms with Crippen LogP contribution in [-0.2, 0) is 20.7 Å². The molecule has 1 fully saturated rings. The predicted molar refractivity (Wildman–Crippen MR) is 276 cm³/mol. The highest BCUT2D eigenvalue weighted by atomic mass is 16.8. The van der Waals surface area contributed by atoms with Crippen molar-refractivity contribution in [2.24, 2.45) is 0 Å². The van der Waals surface area contributed by atoms with Gasteiger partial charge in [0.05, 0.1) is 0 Å². The molecule has 12 aromatic carbocycles. The Labute approximate surface area is 387 Å². The van der Waals surface area contributed by atoms with Crippen molar-refractivity contribution in [3.63, 3.8) is 0 Å². The summed E-state index contributed by atoms with van der Waals surface area (Å²) in [5, 5.41) is 46.0. The molecule has 3 atom stereocenters. The number of benzene rings is 12. The van der Waals surface area contributed by atoms with Gasteiger partial charge >= 0.3 is 0 Å². The van der Waals surface area contributed by atoms with Crippen molar-refractivity contribution in [2.45, 2.75) is 43.0 Å². The zero-order valence-corrected chi connectivity index (χ0v) is 37.2. The van der Waals surface area contributed by atoms with Crippen molar-refractivity contribution in [2.75, 3.05) is 0 Å². The first kappa shape index (κ1) is 39.9. The Morgan fingerprint density at radius 1 is 0.299 bits per heavy atom. The van der Waals surface area contributed by atoms with Gasteiger partial charge in [-0.25, -0.2) is 0 Å². The summed E-state index contributed by atoms with van der Waals surface area (Å²) in [6.07, 6.45) is -2.30. The van der Waals surface area contributed by atoms with Crippen LogP contribution in [0.1, 0.15) is 36.1 Å². The summed E-state index contributed by atoms with van der Waals surface area (Å²) in [6, 6.07) is 75.4. The summed E-state index contributed by atoms with van der Waals surface area (Å²) >= 11 is 0. The van der Waals surface area contributed by atoms with E-state index in [1.54, 1.807) is 0 Å². The smallest absolute Gasteiger partial charge is 0.164 e. The van der Waals surface area contributed by atoms with E-state index in [-0.39, 0.29) is 0 Å². The van der Waals surface area contributed by atoms with Crippen LogP contribution < -0.4 is 0 Å². The molecule has 1 unspecified atom stereocenters. The number of hydrogen-bond acceptors (Lipinski definition) is 4. The van der Waals surface area contributed by atoms with Crippen LogP contribution in [0.5, 0.6) is 0 Å². The van der Waals surface area contributed by atoms with Crippen molar-refractivity contribution in [1.82, 2.24) is 0 Å². The maximum atomic E-state index is 14.5. The number of rotatable bonds is 6. The number of ether oxygens (including phenoxy) is 2. The van der Waals surface area contributed by atoms with Crippen LogP contribution in [0.3, 0.4) is 0 Å². The molecule has 0 aromatic heterocycles. The summed E-state index contributed by atoms with van der Waals surface area (Å²) in [5.41, 5.74) is -1.23. The lowest BCUT2D eigenvalue weighted by molar-refractivity contribution is -0.172. The Kier molecular flexibility index (Phi) is 8.80. The van der Waals surface area contributed by atoms with Gasteiger partial charge in [-0.1, -0.05) is 194 Å². The summed E-state index contributed by atoms with van der Waals surface area (Å²) in [7, 11) is 0. The van der Waals surface area contributed by atoms with Gasteiger partial charge in [-0.15, -0.1) is 0 Å². The molecule has 13 rings (SSSR count). The molecule has 1 heterocycles. The molecule has 0 aliphatic carbocycles. The topological polar surface area (TPSA) is 58.9 Å². The maximum Gasteiger partial charge on any atom is 0.164 e. The van der Waals surface area contributed by atoms with E-state index in [1.165, 1.54) is 0 Å². The minimum absolute atomic E-state index is 0.627. The van der Waals surface area contributed by atoms with E-state index in [0.717, 1.165) is 86.2 Å². The van der Waals surface area contributed by atoms with E-state index in [4.69, 9.17) is 9.47 Å². The SMILES string of the molecule is CC1(C)O[C@@H](C(O)(c2ccc3c(ccc4ccccc43)c2)c2ccc3ccc4ccccc4c3c2)[C@H](C(O)(c2ccc3ccc4ccccc4c3c2)c2ccc3ccc4ccccc4c3c2)O1. The zero-order valence-electron chi connectivity index (χ0n) is 37.2. The van der Waals surface area contributed by atoms with Gasteiger partial charge in [0.15, 0.2) is 5.79 Å². The van der Waals surface area contributed by atoms with Crippen molar-refractivity contribution in [1.29, 1.82) is 0 Å². The monoisotopic (exact) mass is 866 g/mol. The number of fused-ring (bicyclic) bond motifs is 12. The Morgan fingerprint density at radius 3 is 0.925 bits per heavy atom. The minimum atomic E-state index is -1.88. The van der Waals surface area contributed by atoms with Gasteiger partial charge in [-0.3, -0.25) is 0 Å². The van der Waals surface area contributed by atoms with Gasteiger partial charge < -0.3 is 19.7 Å². The fourth-order valence-corrected chi connectivity index (χ4v) is 11.3. The van der Waals surface area contributed by atoms with E-state index in [9.17, 15) is 10.2 Å². The zero-order chi connectivity index (χ0) is 45.1. The molecule has 1 aliphatic rings. The minimum Gasteiger partial charge on any atom is -0.378 e. The third-order valence-electron chi connectivity index (χ3n) is 14.7. The summed E-state index contributed by atoms with van der Waals surface area (Å²) in [6.45, 7) is 3.76. The van der Waals surface area contributed by atoms with Gasteiger partial charge in [0.2, 0.25) is 0 Å². The van der Waals surface area contributed by atoms with Gasteiger partial charge in [0.25, 0.3) is 0 Å². The van der Waals surface area contributed by atoms with E-state index in [0.29, 0.717) is 22.3 Å². The third-order valence-corrected chi connectivity index (χ3v) is 14.7. The van der Waals surface area contributed by atoms with Gasteiger partial charge in [-0.05, 0) is 147 Å². The first-order valence-electron chi connectivity index (χ1n) is 23.1. The first-order chi connectivity index (χ1) is 32.7. The maximum absolute atomic E-state index is 14.5. The Bertz CT molecular complexity index is 3860. The molecular weight excluding hydrogens is 821 g/mol. The standard InChI is InChI=1S/C63H46O4/c1-61(2)66-59(62(64,47-33-34-55-46(35-47)26-25-39-11-3-7-15-51(39)55)48-30-27-43-22-19-40-12-4-8-16-52(40)56(43)36-48)60(67-61)63(65,49-31-28-44-23-20-41-13-5-9-17-53(41)57(44)37-49)50-32-29-45-24-21-42-14-6-10-18-54(42)58(45)38-50/h3-38,59-60,64-65H,1-2H3/t59-,60-,62?/m1/s1. The largest absolute Gasteiger partial charge is 0.378 e. The van der Waals surface area contributed by atoms with Crippen LogP contribution in [0.2, 0.25) is 0 Å². The molecule has 0 saturated carbocycles. The van der Waals surface area contributed by atoms with Crippen LogP contribution in [0.4, 0.5) is 0 Å². The molecule has 4 nitrogen and oxygen atoms in total. The van der Waals surface area contributed by atoms with Crippen molar-refractivity contribution in [3.8, 4) is 0 Å². The second-order valence-corrected chi connectivity index (χ2v) is 18.9. The van der Waals surface area contributed by atoms with E-state index >= 15 is 0 Å². The van der Waals surface area contributed by atoms with Gasteiger partial charge in [0.1, 0.15) is 23.4 Å². The van der Waals surface area contributed by atoms with E-state index < -0.39 is 29.2 Å². The summed E-state index contributed by atoms with van der Waals surface area (Å²) < 4.78 is 14.4. The van der Waals surface area contributed by atoms with Gasteiger partial charge in [-0.2, -0.15) is 0 Å². The Morgan fingerprint density at radius 2 is 0.552 bits per heavy atom. The molecule has 1 aliphatic heterocycles. The van der Waals surface area contributed by atoms with Crippen LogP contribution in [-0.4, -0.2) is 28.2 Å². The predicted octanol–water partition coefficient (Wildman–Crippen LogP) is 14.6. The summed E-state index contributed by atoms with van der Waals surface area (Å²) in [4.78, 5) is 0. The average Bonchev–Trinajstić information content (AvgIpc) is 3.73. The highest BCUT2D eigenvalue weighted by molar-refractivity contribution is 6.11. The molecule has 4 heteroatoms. The van der Waals surface area contributed by atoms with Crippen LogP contribution in [0, 0.1) is 0 Å². The quantitative estimate of drug-likeness (QED) is 0.164. The Balaban J connectivity index is 1.10. The Hall–Kier alpha value is -7.44. The second kappa shape index (κ2) is 14.8.